The SMILES string of the molecule is O=C(O)c1cncc(NC2CCOC2)n1. The third-order valence-electron chi connectivity index (χ3n) is 2.14. The van der Waals surface area contributed by atoms with Crippen LogP contribution in [0, 0.1) is 0 Å². The maximum Gasteiger partial charge on any atom is 0.356 e. The highest BCUT2D eigenvalue weighted by Gasteiger charge is 2.16. The lowest BCUT2D eigenvalue weighted by molar-refractivity contribution is 0.0690. The smallest absolute Gasteiger partial charge is 0.356 e. The van der Waals surface area contributed by atoms with Gasteiger partial charge in [0.05, 0.1) is 25.0 Å². The summed E-state index contributed by atoms with van der Waals surface area (Å²) in [6.45, 7) is 1.35. The van der Waals surface area contributed by atoms with Gasteiger partial charge in [-0.15, -0.1) is 0 Å². The number of anilines is 1. The maximum absolute atomic E-state index is 10.6. The van der Waals surface area contributed by atoms with Crippen molar-refractivity contribution in [3.63, 3.8) is 0 Å². The number of nitrogens with zero attached hydrogens (tertiary/aromatic N) is 2. The molecule has 2 rings (SSSR count). The Morgan fingerprint density at radius 1 is 1.60 bits per heavy atom. The zero-order chi connectivity index (χ0) is 10.7. The molecule has 6 heteroatoms. The van der Waals surface area contributed by atoms with E-state index in [4.69, 9.17) is 9.84 Å². The molecule has 0 saturated carbocycles. The first kappa shape index (κ1) is 9.85. The van der Waals surface area contributed by atoms with Crippen LogP contribution in [0.25, 0.3) is 0 Å². The van der Waals surface area contributed by atoms with Crippen LogP contribution in [-0.4, -0.2) is 40.3 Å². The summed E-state index contributed by atoms with van der Waals surface area (Å²) >= 11 is 0. The number of carboxylic acids is 1. The molecule has 1 aromatic rings. The Balaban J connectivity index is 2.07. The summed E-state index contributed by atoms with van der Waals surface area (Å²) in [5, 5.41) is 11.8. The van der Waals surface area contributed by atoms with Gasteiger partial charge < -0.3 is 15.2 Å². The maximum atomic E-state index is 10.6. The Kier molecular flexibility index (Phi) is 2.77. The van der Waals surface area contributed by atoms with Crippen LogP contribution in [0.3, 0.4) is 0 Å². The summed E-state index contributed by atoms with van der Waals surface area (Å²) in [6.07, 6.45) is 3.63. The predicted molar refractivity (Wildman–Crippen MR) is 51.8 cm³/mol. The van der Waals surface area contributed by atoms with Gasteiger partial charge in [0.1, 0.15) is 5.82 Å². The van der Waals surface area contributed by atoms with Crippen LogP contribution >= 0.6 is 0 Å². The summed E-state index contributed by atoms with van der Waals surface area (Å²) in [6, 6.07) is 0.198. The van der Waals surface area contributed by atoms with E-state index in [2.05, 4.69) is 15.3 Å². The number of ether oxygens (including phenoxy) is 1. The molecular weight excluding hydrogens is 198 g/mol. The molecule has 1 saturated heterocycles. The standard InChI is InChI=1S/C9H11N3O3/c13-9(14)7-3-10-4-8(12-7)11-6-1-2-15-5-6/h3-4,6H,1-2,5H2,(H,11,12)(H,13,14). The summed E-state index contributed by atoms with van der Waals surface area (Å²) in [4.78, 5) is 18.3. The molecule has 6 nitrogen and oxygen atoms in total. The molecule has 1 aliphatic heterocycles. The first-order chi connectivity index (χ1) is 7.25. The molecule has 1 fully saturated rings. The van der Waals surface area contributed by atoms with Gasteiger partial charge in [-0.3, -0.25) is 4.98 Å². The molecule has 1 atom stereocenters. The lowest BCUT2D eigenvalue weighted by Crippen LogP contribution is -2.20. The molecule has 0 aliphatic carbocycles. The van der Waals surface area contributed by atoms with Crippen LogP contribution in [0.1, 0.15) is 16.9 Å². The molecule has 80 valence electrons. The minimum absolute atomic E-state index is 0.0566. The number of hydrogen-bond donors (Lipinski definition) is 2. The molecule has 0 amide bonds. The number of hydrogen-bond acceptors (Lipinski definition) is 5. The Morgan fingerprint density at radius 2 is 2.47 bits per heavy atom. The van der Waals surface area contributed by atoms with Gasteiger partial charge in [0.25, 0.3) is 0 Å². The van der Waals surface area contributed by atoms with E-state index in [1.165, 1.54) is 12.4 Å². The quantitative estimate of drug-likeness (QED) is 0.748. The Morgan fingerprint density at radius 3 is 3.13 bits per heavy atom. The second kappa shape index (κ2) is 4.22. The van der Waals surface area contributed by atoms with Crippen molar-refractivity contribution in [1.82, 2.24) is 9.97 Å². The van der Waals surface area contributed by atoms with Gasteiger partial charge in [-0.1, -0.05) is 0 Å². The molecule has 0 aromatic carbocycles. The average Bonchev–Trinajstić information content (AvgIpc) is 2.71. The normalized spacial score (nSPS) is 20.1. The molecule has 2 heterocycles. The lowest BCUT2D eigenvalue weighted by atomic mass is 10.2. The van der Waals surface area contributed by atoms with E-state index >= 15 is 0 Å². The highest BCUT2D eigenvalue weighted by Crippen LogP contribution is 2.10. The largest absolute Gasteiger partial charge is 0.476 e. The highest BCUT2D eigenvalue weighted by molar-refractivity contribution is 5.85. The zero-order valence-electron chi connectivity index (χ0n) is 8.01. The van der Waals surface area contributed by atoms with E-state index in [1.54, 1.807) is 0 Å². The Labute approximate surface area is 86.3 Å². The lowest BCUT2D eigenvalue weighted by Gasteiger charge is -2.10. The van der Waals surface area contributed by atoms with Gasteiger partial charge in [-0.25, -0.2) is 9.78 Å². The van der Waals surface area contributed by atoms with Crippen molar-refractivity contribution in [2.75, 3.05) is 18.5 Å². The molecule has 15 heavy (non-hydrogen) atoms. The van der Waals surface area contributed by atoms with Crippen LogP contribution in [0.5, 0.6) is 0 Å². The summed E-state index contributed by atoms with van der Waals surface area (Å²) in [7, 11) is 0. The van der Waals surface area contributed by atoms with E-state index < -0.39 is 5.97 Å². The Hall–Kier alpha value is -1.69. The first-order valence-corrected chi connectivity index (χ1v) is 4.65. The first-order valence-electron chi connectivity index (χ1n) is 4.65. The Bertz CT molecular complexity index is 363. The second-order valence-corrected chi connectivity index (χ2v) is 3.30. The van der Waals surface area contributed by atoms with Gasteiger partial charge in [-0.2, -0.15) is 0 Å². The second-order valence-electron chi connectivity index (χ2n) is 3.30. The topological polar surface area (TPSA) is 84.3 Å². The van der Waals surface area contributed by atoms with Crippen LogP contribution in [0.2, 0.25) is 0 Å². The van der Waals surface area contributed by atoms with Gasteiger partial charge >= 0.3 is 5.97 Å². The van der Waals surface area contributed by atoms with E-state index in [1.807, 2.05) is 0 Å². The third kappa shape index (κ3) is 2.41. The van der Waals surface area contributed by atoms with E-state index in [0.29, 0.717) is 12.4 Å². The van der Waals surface area contributed by atoms with Gasteiger partial charge in [-0.05, 0) is 6.42 Å². The zero-order valence-corrected chi connectivity index (χ0v) is 8.01. The van der Waals surface area contributed by atoms with Crippen LogP contribution < -0.4 is 5.32 Å². The van der Waals surface area contributed by atoms with Crippen molar-refractivity contribution in [3.05, 3.63) is 18.1 Å². The highest BCUT2D eigenvalue weighted by atomic mass is 16.5. The fourth-order valence-corrected chi connectivity index (χ4v) is 1.40. The number of nitrogens with one attached hydrogen (secondary N) is 1. The number of carbonyl (C=O) groups is 1. The minimum atomic E-state index is -1.08. The van der Waals surface area contributed by atoms with Gasteiger partial charge in [0, 0.05) is 6.61 Å². The molecule has 0 radical (unpaired) electrons. The molecule has 0 bridgehead atoms. The molecule has 2 N–H and O–H groups in total. The molecule has 1 aliphatic rings. The van der Waals surface area contributed by atoms with E-state index in [9.17, 15) is 4.79 Å². The summed E-state index contributed by atoms with van der Waals surface area (Å²) < 4.78 is 5.18. The van der Waals surface area contributed by atoms with Crippen molar-refractivity contribution in [1.29, 1.82) is 0 Å². The van der Waals surface area contributed by atoms with E-state index in [0.717, 1.165) is 13.0 Å². The number of rotatable bonds is 3. The average molecular weight is 209 g/mol. The van der Waals surface area contributed by atoms with Crippen molar-refractivity contribution >= 4 is 11.8 Å². The monoisotopic (exact) mass is 209 g/mol. The van der Waals surface area contributed by atoms with Gasteiger partial charge in [0.15, 0.2) is 5.69 Å². The number of carboxylic acid groups (broad SMARTS) is 1. The van der Waals surface area contributed by atoms with Crippen LogP contribution in [0.15, 0.2) is 12.4 Å². The molecular formula is C9H11N3O3. The van der Waals surface area contributed by atoms with Crippen molar-refractivity contribution in [2.24, 2.45) is 0 Å². The van der Waals surface area contributed by atoms with Crippen molar-refractivity contribution in [2.45, 2.75) is 12.5 Å². The molecule has 1 unspecified atom stereocenters. The molecule has 1 aromatic heterocycles. The van der Waals surface area contributed by atoms with E-state index in [-0.39, 0.29) is 11.7 Å². The fraction of sp³-hybridized carbons (Fsp3) is 0.444. The fourth-order valence-electron chi connectivity index (χ4n) is 1.40. The van der Waals surface area contributed by atoms with Gasteiger partial charge in [0.2, 0.25) is 0 Å². The summed E-state index contributed by atoms with van der Waals surface area (Å²) in [5.74, 6) is -0.598. The van der Waals surface area contributed by atoms with Crippen molar-refractivity contribution in [3.8, 4) is 0 Å². The third-order valence-corrected chi connectivity index (χ3v) is 2.14. The van der Waals surface area contributed by atoms with Crippen LogP contribution in [0.4, 0.5) is 5.82 Å². The van der Waals surface area contributed by atoms with Crippen LogP contribution in [-0.2, 0) is 4.74 Å². The van der Waals surface area contributed by atoms with Crippen molar-refractivity contribution < 1.29 is 14.6 Å². The predicted octanol–water partition coefficient (Wildman–Crippen LogP) is 0.376. The minimum Gasteiger partial charge on any atom is -0.476 e. The number of aromatic nitrogens is 2. The molecule has 0 spiro atoms. The summed E-state index contributed by atoms with van der Waals surface area (Å²) in [5.41, 5.74) is -0.0566. The number of aromatic carboxylic acids is 1.